The van der Waals surface area contributed by atoms with Crippen molar-refractivity contribution in [2.45, 2.75) is 19.9 Å². The van der Waals surface area contributed by atoms with E-state index in [4.69, 9.17) is 5.11 Å². The summed E-state index contributed by atoms with van der Waals surface area (Å²) in [4.78, 5) is 14.1. The fourth-order valence-electron chi connectivity index (χ4n) is 0.730. The van der Waals surface area contributed by atoms with E-state index < -0.39 is 5.97 Å². The number of aromatic nitrogens is 2. The Labute approximate surface area is 64.5 Å². The van der Waals surface area contributed by atoms with Crippen LogP contribution in [-0.2, 0) is 0 Å². The predicted octanol–water partition coefficient (Wildman–Crippen LogP) is 1.16. The van der Waals surface area contributed by atoms with Gasteiger partial charge in [0.05, 0.1) is 6.33 Å². The van der Waals surface area contributed by atoms with E-state index in [1.54, 1.807) is 4.57 Å². The first-order chi connectivity index (χ1) is 5.11. The average Bonchev–Trinajstić information content (AvgIpc) is 2.33. The van der Waals surface area contributed by atoms with E-state index in [1.165, 1.54) is 12.5 Å². The Morgan fingerprint density at radius 3 is 2.64 bits per heavy atom. The summed E-state index contributed by atoms with van der Waals surface area (Å²) >= 11 is 0. The molecule has 0 saturated heterocycles. The minimum absolute atomic E-state index is 0.0960. The number of hydrogen-bond donors (Lipinski definition) is 1. The molecule has 1 aromatic heterocycles. The first-order valence-corrected chi connectivity index (χ1v) is 3.38. The van der Waals surface area contributed by atoms with Gasteiger partial charge in [0.1, 0.15) is 0 Å². The van der Waals surface area contributed by atoms with Gasteiger partial charge in [-0.25, -0.2) is 9.78 Å². The largest absolute Gasteiger partial charge is 0.476 e. The summed E-state index contributed by atoms with van der Waals surface area (Å²) in [5.41, 5.74) is 0.0960. The number of rotatable bonds is 2. The van der Waals surface area contributed by atoms with E-state index >= 15 is 0 Å². The molecule has 4 nitrogen and oxygen atoms in total. The molecular weight excluding hydrogens is 144 g/mol. The van der Waals surface area contributed by atoms with Crippen LogP contribution in [0.2, 0.25) is 0 Å². The summed E-state index contributed by atoms with van der Waals surface area (Å²) in [6.07, 6.45) is 3.04. The van der Waals surface area contributed by atoms with Gasteiger partial charge in [-0.3, -0.25) is 0 Å². The fraction of sp³-hybridized carbons (Fsp3) is 0.429. The molecular formula is C7H10N2O2. The molecule has 0 aliphatic rings. The number of carboxylic acids is 1. The molecule has 11 heavy (non-hydrogen) atoms. The third-order valence-corrected chi connectivity index (χ3v) is 1.42. The minimum atomic E-state index is -0.982. The quantitative estimate of drug-likeness (QED) is 0.695. The second kappa shape index (κ2) is 2.74. The molecule has 0 bridgehead atoms. The molecule has 60 valence electrons. The van der Waals surface area contributed by atoms with Crippen molar-refractivity contribution >= 4 is 5.97 Å². The summed E-state index contributed by atoms with van der Waals surface area (Å²) in [5, 5.41) is 8.50. The van der Waals surface area contributed by atoms with Gasteiger partial charge < -0.3 is 9.67 Å². The molecule has 0 aliphatic carbocycles. The lowest BCUT2D eigenvalue weighted by atomic mass is 10.4. The maximum absolute atomic E-state index is 10.4. The molecule has 1 N–H and O–H groups in total. The monoisotopic (exact) mass is 154 g/mol. The van der Waals surface area contributed by atoms with E-state index in [2.05, 4.69) is 4.98 Å². The average molecular weight is 154 g/mol. The lowest BCUT2D eigenvalue weighted by molar-refractivity contribution is 0.0691. The maximum atomic E-state index is 10.4. The summed E-state index contributed by atoms with van der Waals surface area (Å²) in [6.45, 7) is 3.93. The molecule has 0 fully saturated rings. The number of nitrogens with zero attached hydrogens (tertiary/aromatic N) is 2. The smallest absolute Gasteiger partial charge is 0.356 e. The number of aromatic carboxylic acids is 1. The summed E-state index contributed by atoms with van der Waals surface area (Å²) < 4.78 is 1.75. The van der Waals surface area contributed by atoms with Crippen molar-refractivity contribution < 1.29 is 9.90 Å². The lowest BCUT2D eigenvalue weighted by Crippen LogP contribution is -1.98. The third kappa shape index (κ3) is 1.58. The van der Waals surface area contributed by atoms with Crippen LogP contribution in [-0.4, -0.2) is 20.6 Å². The van der Waals surface area contributed by atoms with Crippen molar-refractivity contribution in [2.24, 2.45) is 0 Å². The van der Waals surface area contributed by atoms with Crippen LogP contribution < -0.4 is 0 Å². The van der Waals surface area contributed by atoms with Crippen LogP contribution in [0.25, 0.3) is 0 Å². The molecule has 0 saturated carbocycles. The SMILES string of the molecule is CC(C)n1cnc(C(=O)O)c1. The Morgan fingerprint density at radius 2 is 2.36 bits per heavy atom. The van der Waals surface area contributed by atoms with Gasteiger partial charge in [0.15, 0.2) is 5.69 Å². The minimum Gasteiger partial charge on any atom is -0.476 e. The molecule has 0 radical (unpaired) electrons. The summed E-state index contributed by atoms with van der Waals surface area (Å²) in [5.74, 6) is -0.982. The number of hydrogen-bond acceptors (Lipinski definition) is 2. The van der Waals surface area contributed by atoms with Gasteiger partial charge in [0.25, 0.3) is 0 Å². The topological polar surface area (TPSA) is 55.1 Å². The zero-order valence-electron chi connectivity index (χ0n) is 6.48. The summed E-state index contributed by atoms with van der Waals surface area (Å²) in [6, 6.07) is 0.260. The fourth-order valence-corrected chi connectivity index (χ4v) is 0.730. The van der Waals surface area contributed by atoms with E-state index in [-0.39, 0.29) is 11.7 Å². The molecule has 1 heterocycles. The van der Waals surface area contributed by atoms with Crippen molar-refractivity contribution in [3.8, 4) is 0 Å². The standard InChI is InChI=1S/C7H10N2O2/c1-5(2)9-3-6(7(10)11)8-4-9/h3-5H,1-2H3,(H,10,11). The van der Waals surface area contributed by atoms with Crippen molar-refractivity contribution in [1.82, 2.24) is 9.55 Å². The van der Waals surface area contributed by atoms with Crippen LogP contribution in [0.4, 0.5) is 0 Å². The van der Waals surface area contributed by atoms with Gasteiger partial charge in [-0.1, -0.05) is 0 Å². The van der Waals surface area contributed by atoms with E-state index in [9.17, 15) is 4.79 Å². The highest BCUT2D eigenvalue weighted by atomic mass is 16.4. The van der Waals surface area contributed by atoms with Crippen LogP contribution in [0.5, 0.6) is 0 Å². The van der Waals surface area contributed by atoms with Gasteiger partial charge in [-0.15, -0.1) is 0 Å². The predicted molar refractivity (Wildman–Crippen MR) is 39.6 cm³/mol. The Kier molecular flexibility index (Phi) is 1.94. The highest BCUT2D eigenvalue weighted by molar-refractivity contribution is 5.84. The Balaban J connectivity index is 2.90. The van der Waals surface area contributed by atoms with Gasteiger partial charge in [0.2, 0.25) is 0 Å². The maximum Gasteiger partial charge on any atom is 0.356 e. The Hall–Kier alpha value is -1.32. The molecule has 0 atom stereocenters. The van der Waals surface area contributed by atoms with Gasteiger partial charge in [-0.05, 0) is 13.8 Å². The zero-order chi connectivity index (χ0) is 8.43. The van der Waals surface area contributed by atoms with Crippen molar-refractivity contribution in [1.29, 1.82) is 0 Å². The van der Waals surface area contributed by atoms with Crippen molar-refractivity contribution in [3.05, 3.63) is 18.2 Å². The molecule has 4 heteroatoms. The van der Waals surface area contributed by atoms with Crippen LogP contribution in [0.3, 0.4) is 0 Å². The van der Waals surface area contributed by atoms with Gasteiger partial charge in [0, 0.05) is 12.2 Å². The number of carbonyl (C=O) groups is 1. The Morgan fingerprint density at radius 1 is 1.73 bits per heavy atom. The molecule has 1 rings (SSSR count). The molecule has 1 aromatic rings. The zero-order valence-corrected chi connectivity index (χ0v) is 6.48. The number of imidazole rings is 1. The lowest BCUT2D eigenvalue weighted by Gasteiger charge is -2.02. The third-order valence-electron chi connectivity index (χ3n) is 1.42. The van der Waals surface area contributed by atoms with Crippen molar-refractivity contribution in [3.63, 3.8) is 0 Å². The van der Waals surface area contributed by atoms with E-state index in [0.717, 1.165) is 0 Å². The van der Waals surface area contributed by atoms with Crippen LogP contribution in [0.1, 0.15) is 30.4 Å². The second-order valence-corrected chi connectivity index (χ2v) is 2.61. The van der Waals surface area contributed by atoms with E-state index in [1.807, 2.05) is 13.8 Å². The molecule has 0 aliphatic heterocycles. The number of carboxylic acid groups (broad SMARTS) is 1. The normalized spacial score (nSPS) is 10.5. The Bertz CT molecular complexity index is 265. The van der Waals surface area contributed by atoms with Crippen LogP contribution in [0, 0.1) is 0 Å². The molecule has 0 amide bonds. The van der Waals surface area contributed by atoms with Gasteiger partial charge in [-0.2, -0.15) is 0 Å². The molecule has 0 unspecified atom stereocenters. The van der Waals surface area contributed by atoms with Crippen LogP contribution in [0.15, 0.2) is 12.5 Å². The molecule has 0 spiro atoms. The summed E-state index contributed by atoms with van der Waals surface area (Å²) in [7, 11) is 0. The highest BCUT2D eigenvalue weighted by Crippen LogP contribution is 2.04. The van der Waals surface area contributed by atoms with Crippen LogP contribution >= 0.6 is 0 Å². The highest BCUT2D eigenvalue weighted by Gasteiger charge is 2.06. The second-order valence-electron chi connectivity index (χ2n) is 2.61. The first-order valence-electron chi connectivity index (χ1n) is 3.38. The van der Waals surface area contributed by atoms with E-state index in [0.29, 0.717) is 0 Å². The van der Waals surface area contributed by atoms with Gasteiger partial charge >= 0.3 is 5.97 Å². The van der Waals surface area contributed by atoms with Crippen molar-refractivity contribution in [2.75, 3.05) is 0 Å². The first kappa shape index (κ1) is 7.78. The molecule has 0 aromatic carbocycles.